The van der Waals surface area contributed by atoms with Crippen LogP contribution in [0.25, 0.3) is 11.4 Å². The molecule has 2 fully saturated rings. The number of benzene rings is 2. The number of hydrogen-bond donors (Lipinski definition) is 0. The minimum Gasteiger partial charge on any atom is -0.377 e. The van der Waals surface area contributed by atoms with Gasteiger partial charge in [0.05, 0.1) is 25.4 Å². The van der Waals surface area contributed by atoms with Crippen LogP contribution >= 0.6 is 12.2 Å². The van der Waals surface area contributed by atoms with Gasteiger partial charge in [0, 0.05) is 31.9 Å². The molecule has 180 valence electrons. The van der Waals surface area contributed by atoms with E-state index in [1.165, 1.54) is 17.7 Å². The molecule has 3 aromatic rings. The maximum Gasteiger partial charge on any atom is 0.199 e. The molecule has 6 nitrogen and oxygen atoms in total. The number of nitrogens with zero attached hydrogens (tertiary/aromatic N) is 4. The Kier molecular flexibility index (Phi) is 7.49. The lowest BCUT2D eigenvalue weighted by Crippen LogP contribution is -2.34. The molecule has 8 heteroatoms. The Morgan fingerprint density at radius 1 is 0.971 bits per heavy atom. The molecule has 0 saturated carbocycles. The van der Waals surface area contributed by atoms with Gasteiger partial charge in [-0.3, -0.25) is 9.47 Å². The van der Waals surface area contributed by atoms with Crippen LogP contribution in [-0.4, -0.2) is 51.2 Å². The quantitative estimate of drug-likeness (QED) is 0.400. The molecule has 3 heterocycles. The lowest BCUT2D eigenvalue weighted by Gasteiger charge is -2.25. The van der Waals surface area contributed by atoms with Gasteiger partial charge in [-0.1, -0.05) is 30.3 Å². The van der Waals surface area contributed by atoms with Gasteiger partial charge >= 0.3 is 0 Å². The highest BCUT2D eigenvalue weighted by atomic mass is 32.1. The first kappa shape index (κ1) is 23.4. The molecular weight excluding hydrogens is 451 g/mol. The molecule has 0 N–H and O–H groups in total. The Labute approximate surface area is 204 Å². The summed E-state index contributed by atoms with van der Waals surface area (Å²) in [6.07, 6.45) is 4.59. The fourth-order valence-corrected chi connectivity index (χ4v) is 5.04. The molecular formula is C26H31FN4O2S. The average Bonchev–Trinajstić information content (AvgIpc) is 3.60. The van der Waals surface area contributed by atoms with Crippen LogP contribution in [0, 0.1) is 10.6 Å². The van der Waals surface area contributed by atoms with Crippen molar-refractivity contribution in [2.45, 2.75) is 57.6 Å². The van der Waals surface area contributed by atoms with Crippen molar-refractivity contribution >= 4 is 12.2 Å². The maximum absolute atomic E-state index is 13.6. The third-order valence-corrected chi connectivity index (χ3v) is 6.94. The number of hydrogen-bond acceptors (Lipinski definition) is 5. The Morgan fingerprint density at radius 2 is 1.68 bits per heavy atom. The molecule has 0 spiro atoms. The van der Waals surface area contributed by atoms with Gasteiger partial charge in [-0.25, -0.2) is 9.07 Å². The summed E-state index contributed by atoms with van der Waals surface area (Å²) in [6, 6.07) is 16.9. The van der Waals surface area contributed by atoms with Crippen molar-refractivity contribution in [3.63, 3.8) is 0 Å². The number of halogens is 1. The van der Waals surface area contributed by atoms with Gasteiger partial charge in [-0.05, 0) is 67.7 Å². The Morgan fingerprint density at radius 3 is 2.35 bits per heavy atom. The zero-order valence-corrected chi connectivity index (χ0v) is 20.1. The molecule has 2 aromatic carbocycles. The smallest absolute Gasteiger partial charge is 0.199 e. The maximum atomic E-state index is 13.6. The topological polar surface area (TPSA) is 44.5 Å². The molecule has 5 rings (SSSR count). The molecule has 0 radical (unpaired) electrons. The summed E-state index contributed by atoms with van der Waals surface area (Å²) in [6.45, 7) is 4.42. The van der Waals surface area contributed by atoms with E-state index < -0.39 is 0 Å². The molecule has 2 atom stereocenters. The van der Waals surface area contributed by atoms with Crippen molar-refractivity contribution in [3.8, 4) is 11.4 Å². The Bertz CT molecular complexity index is 1120. The SMILES string of the molecule is Fc1ccc(-c2nn(CN(Cc3ccccc3)CC3CCCO3)c(=S)n2CC2CCCO2)cc1. The highest BCUT2D eigenvalue weighted by Gasteiger charge is 2.23. The standard InChI is InChI=1S/C26H31FN4O2S/c27-22-12-10-21(11-13-22)25-28-31(26(34)30(25)18-24-9-5-15-33-24)19-29(17-23-8-4-14-32-23)16-20-6-2-1-3-7-20/h1-3,6-7,10-13,23-24H,4-5,8-9,14-19H2. The fourth-order valence-electron chi connectivity index (χ4n) is 4.78. The monoisotopic (exact) mass is 482 g/mol. The number of aromatic nitrogens is 3. The first-order valence-electron chi connectivity index (χ1n) is 12.1. The van der Waals surface area contributed by atoms with Crippen LogP contribution in [0.3, 0.4) is 0 Å². The van der Waals surface area contributed by atoms with Crippen LogP contribution in [0.1, 0.15) is 31.2 Å². The highest BCUT2D eigenvalue weighted by Crippen LogP contribution is 2.23. The molecule has 2 saturated heterocycles. The summed E-state index contributed by atoms with van der Waals surface area (Å²) in [7, 11) is 0. The van der Waals surface area contributed by atoms with Crippen molar-refractivity contribution < 1.29 is 13.9 Å². The average molecular weight is 483 g/mol. The second-order valence-electron chi connectivity index (χ2n) is 9.13. The van der Waals surface area contributed by atoms with E-state index in [-0.39, 0.29) is 18.0 Å². The van der Waals surface area contributed by atoms with Gasteiger partial charge < -0.3 is 9.47 Å². The zero-order chi connectivity index (χ0) is 23.3. The summed E-state index contributed by atoms with van der Waals surface area (Å²) < 4.78 is 30.0. The number of ether oxygens (including phenoxy) is 2. The van der Waals surface area contributed by atoms with Gasteiger partial charge in [0.15, 0.2) is 10.6 Å². The molecule has 0 amide bonds. The molecule has 0 bridgehead atoms. The Balaban J connectivity index is 1.44. The van der Waals surface area contributed by atoms with Crippen LogP contribution in [-0.2, 0) is 29.2 Å². The van der Waals surface area contributed by atoms with E-state index in [0.29, 0.717) is 18.0 Å². The first-order chi connectivity index (χ1) is 16.7. The first-order valence-corrected chi connectivity index (χ1v) is 12.5. The fraction of sp³-hybridized carbons (Fsp3) is 0.462. The van der Waals surface area contributed by atoms with Crippen molar-refractivity contribution in [2.24, 2.45) is 0 Å². The number of rotatable bonds is 9. The van der Waals surface area contributed by atoms with Crippen molar-refractivity contribution in [1.82, 2.24) is 19.2 Å². The molecule has 0 aliphatic carbocycles. The van der Waals surface area contributed by atoms with Crippen molar-refractivity contribution in [1.29, 1.82) is 0 Å². The van der Waals surface area contributed by atoms with Crippen LogP contribution in [0.2, 0.25) is 0 Å². The van der Waals surface area contributed by atoms with Crippen LogP contribution in [0.4, 0.5) is 4.39 Å². The predicted octanol–water partition coefficient (Wildman–Crippen LogP) is 5.04. The van der Waals surface area contributed by atoms with Gasteiger partial charge in [0.25, 0.3) is 0 Å². The summed E-state index contributed by atoms with van der Waals surface area (Å²) in [5, 5.41) is 4.92. The van der Waals surface area contributed by atoms with Gasteiger partial charge in [0.1, 0.15) is 5.82 Å². The second-order valence-corrected chi connectivity index (χ2v) is 9.50. The second kappa shape index (κ2) is 10.9. The summed E-state index contributed by atoms with van der Waals surface area (Å²) >= 11 is 5.91. The van der Waals surface area contributed by atoms with E-state index in [9.17, 15) is 4.39 Å². The molecule has 2 aliphatic rings. The van der Waals surface area contributed by atoms with E-state index >= 15 is 0 Å². The Hall–Kier alpha value is -2.39. The van der Waals surface area contributed by atoms with E-state index in [1.54, 1.807) is 12.1 Å². The molecule has 34 heavy (non-hydrogen) atoms. The molecule has 2 aliphatic heterocycles. The lowest BCUT2D eigenvalue weighted by atomic mass is 10.2. The summed E-state index contributed by atoms with van der Waals surface area (Å²) in [4.78, 5) is 2.35. The molecule has 2 unspecified atom stereocenters. The normalized spacial score (nSPS) is 20.4. The zero-order valence-electron chi connectivity index (χ0n) is 19.3. The summed E-state index contributed by atoms with van der Waals surface area (Å²) in [5.41, 5.74) is 2.09. The minimum atomic E-state index is -0.266. The van der Waals surface area contributed by atoms with E-state index in [1.807, 2.05) is 15.3 Å². The van der Waals surface area contributed by atoms with E-state index in [2.05, 4.69) is 29.2 Å². The summed E-state index contributed by atoms with van der Waals surface area (Å²) in [5.74, 6) is 0.482. The van der Waals surface area contributed by atoms with Crippen LogP contribution in [0.5, 0.6) is 0 Å². The predicted molar refractivity (Wildman–Crippen MR) is 131 cm³/mol. The minimum absolute atomic E-state index is 0.121. The van der Waals surface area contributed by atoms with Crippen molar-refractivity contribution in [3.05, 3.63) is 70.7 Å². The lowest BCUT2D eigenvalue weighted by molar-refractivity contribution is 0.0565. The van der Waals surface area contributed by atoms with Crippen molar-refractivity contribution in [2.75, 3.05) is 19.8 Å². The van der Waals surface area contributed by atoms with Gasteiger partial charge in [0.2, 0.25) is 0 Å². The van der Waals surface area contributed by atoms with Crippen LogP contribution < -0.4 is 0 Å². The van der Waals surface area contributed by atoms with E-state index in [4.69, 9.17) is 26.8 Å². The van der Waals surface area contributed by atoms with Crippen LogP contribution in [0.15, 0.2) is 54.6 Å². The largest absolute Gasteiger partial charge is 0.377 e. The molecule has 1 aromatic heterocycles. The van der Waals surface area contributed by atoms with Gasteiger partial charge in [-0.15, -0.1) is 0 Å². The van der Waals surface area contributed by atoms with E-state index in [0.717, 1.165) is 63.4 Å². The van der Waals surface area contributed by atoms with Gasteiger partial charge in [-0.2, -0.15) is 5.10 Å². The third-order valence-electron chi connectivity index (χ3n) is 6.50. The third kappa shape index (κ3) is 5.63. The highest BCUT2D eigenvalue weighted by molar-refractivity contribution is 7.71.